The Balaban J connectivity index is 2.01. The summed E-state index contributed by atoms with van der Waals surface area (Å²) < 4.78 is 4.97. The van der Waals surface area contributed by atoms with Gasteiger partial charge in [-0.05, 0) is 6.92 Å². The van der Waals surface area contributed by atoms with Gasteiger partial charge in [-0.15, -0.1) is 0 Å². The zero-order valence-corrected chi connectivity index (χ0v) is 9.88. The average Bonchev–Trinajstić information content (AvgIpc) is 2.78. The smallest absolute Gasteiger partial charge is 0.321 e. The van der Waals surface area contributed by atoms with Crippen molar-refractivity contribution in [2.75, 3.05) is 11.9 Å². The number of anilines is 1. The third-order valence-corrected chi connectivity index (χ3v) is 2.35. The molecule has 0 amide bonds. The number of hydrogen-bond donors (Lipinski definition) is 2. The van der Waals surface area contributed by atoms with Crippen LogP contribution >= 0.6 is 0 Å². The minimum absolute atomic E-state index is 0.00223. The molecule has 2 aromatic rings. The first-order valence-electron chi connectivity index (χ1n) is 5.51. The van der Waals surface area contributed by atoms with Crippen molar-refractivity contribution in [1.82, 2.24) is 10.1 Å². The van der Waals surface area contributed by atoms with Gasteiger partial charge < -0.3 is 14.9 Å². The Labute approximate surface area is 104 Å². The van der Waals surface area contributed by atoms with Crippen molar-refractivity contribution in [3.8, 4) is 11.4 Å². The van der Waals surface area contributed by atoms with Gasteiger partial charge >= 0.3 is 12.0 Å². The van der Waals surface area contributed by atoms with E-state index in [0.717, 1.165) is 11.1 Å². The predicted octanol–water partition coefficient (Wildman–Crippen LogP) is 1.93. The van der Waals surface area contributed by atoms with E-state index < -0.39 is 5.97 Å². The van der Waals surface area contributed by atoms with E-state index in [4.69, 9.17) is 9.63 Å². The second-order valence-corrected chi connectivity index (χ2v) is 3.86. The van der Waals surface area contributed by atoms with Gasteiger partial charge in [0.25, 0.3) is 0 Å². The third-order valence-electron chi connectivity index (χ3n) is 2.35. The van der Waals surface area contributed by atoms with Gasteiger partial charge in [0, 0.05) is 12.1 Å². The lowest BCUT2D eigenvalue weighted by atomic mass is 10.1. The first-order chi connectivity index (χ1) is 8.65. The SMILES string of the molecule is Cc1ccc(-c2noc(NCCC(=O)O)n2)cc1. The molecule has 0 spiro atoms. The predicted molar refractivity (Wildman–Crippen MR) is 65.2 cm³/mol. The maximum absolute atomic E-state index is 10.3. The van der Waals surface area contributed by atoms with Crippen LogP contribution < -0.4 is 5.32 Å². The van der Waals surface area contributed by atoms with Crippen molar-refractivity contribution < 1.29 is 14.4 Å². The Morgan fingerprint density at radius 1 is 1.39 bits per heavy atom. The second kappa shape index (κ2) is 5.31. The highest BCUT2D eigenvalue weighted by Crippen LogP contribution is 2.17. The van der Waals surface area contributed by atoms with E-state index in [1.807, 2.05) is 31.2 Å². The molecule has 2 N–H and O–H groups in total. The number of rotatable bonds is 5. The topological polar surface area (TPSA) is 88.2 Å². The number of nitrogens with one attached hydrogen (secondary N) is 1. The summed E-state index contributed by atoms with van der Waals surface area (Å²) in [5, 5.41) is 15.1. The van der Waals surface area contributed by atoms with Crippen LogP contribution in [0.4, 0.5) is 6.01 Å². The molecule has 0 unspecified atom stereocenters. The molecule has 6 heteroatoms. The number of carbonyl (C=O) groups is 1. The van der Waals surface area contributed by atoms with Gasteiger partial charge in [-0.1, -0.05) is 35.0 Å². The highest BCUT2D eigenvalue weighted by atomic mass is 16.5. The molecule has 0 aliphatic heterocycles. The number of hydrogen-bond acceptors (Lipinski definition) is 5. The minimum atomic E-state index is -0.874. The Bertz CT molecular complexity index is 534. The Morgan fingerprint density at radius 3 is 2.78 bits per heavy atom. The first-order valence-corrected chi connectivity index (χ1v) is 5.51. The summed E-state index contributed by atoms with van der Waals surface area (Å²) in [4.78, 5) is 14.5. The number of carboxylic acids is 1. The van der Waals surface area contributed by atoms with E-state index in [1.54, 1.807) is 0 Å². The monoisotopic (exact) mass is 247 g/mol. The second-order valence-electron chi connectivity index (χ2n) is 3.86. The molecule has 18 heavy (non-hydrogen) atoms. The average molecular weight is 247 g/mol. The molecule has 6 nitrogen and oxygen atoms in total. The van der Waals surface area contributed by atoms with Crippen molar-refractivity contribution in [2.24, 2.45) is 0 Å². The number of aliphatic carboxylic acids is 1. The van der Waals surface area contributed by atoms with Crippen molar-refractivity contribution in [2.45, 2.75) is 13.3 Å². The van der Waals surface area contributed by atoms with Crippen LogP contribution in [0, 0.1) is 6.92 Å². The summed E-state index contributed by atoms with van der Waals surface area (Å²) in [5.41, 5.74) is 2.01. The molecule has 0 aliphatic rings. The number of benzene rings is 1. The summed E-state index contributed by atoms with van der Waals surface area (Å²) >= 11 is 0. The van der Waals surface area contributed by atoms with Gasteiger partial charge in [-0.2, -0.15) is 4.98 Å². The van der Waals surface area contributed by atoms with Crippen LogP contribution in [0.1, 0.15) is 12.0 Å². The summed E-state index contributed by atoms with van der Waals surface area (Å²) in [6.45, 7) is 2.25. The fourth-order valence-corrected chi connectivity index (χ4v) is 1.39. The lowest BCUT2D eigenvalue weighted by molar-refractivity contribution is -0.136. The van der Waals surface area contributed by atoms with Crippen molar-refractivity contribution in [1.29, 1.82) is 0 Å². The summed E-state index contributed by atoms with van der Waals surface area (Å²) in [7, 11) is 0. The molecule has 1 heterocycles. The van der Waals surface area contributed by atoms with Gasteiger partial charge in [0.2, 0.25) is 5.82 Å². The van der Waals surface area contributed by atoms with Crippen molar-refractivity contribution in [3.63, 3.8) is 0 Å². The van der Waals surface area contributed by atoms with Crippen LogP contribution in [0.15, 0.2) is 28.8 Å². The van der Waals surface area contributed by atoms with Crippen LogP contribution in [0.3, 0.4) is 0 Å². The highest BCUT2D eigenvalue weighted by molar-refractivity contribution is 5.67. The van der Waals surface area contributed by atoms with E-state index in [0.29, 0.717) is 5.82 Å². The number of carboxylic acid groups (broad SMARTS) is 1. The van der Waals surface area contributed by atoms with Crippen molar-refractivity contribution >= 4 is 12.0 Å². The summed E-state index contributed by atoms with van der Waals surface area (Å²) in [6.07, 6.45) is 0.00223. The summed E-state index contributed by atoms with van der Waals surface area (Å²) in [5.74, 6) is -0.395. The molecule has 0 saturated carbocycles. The van der Waals surface area contributed by atoms with Crippen LogP contribution in [0.2, 0.25) is 0 Å². The Kier molecular flexibility index (Phi) is 3.57. The van der Waals surface area contributed by atoms with Gasteiger partial charge in [-0.25, -0.2) is 0 Å². The fourth-order valence-electron chi connectivity index (χ4n) is 1.39. The van der Waals surface area contributed by atoms with E-state index >= 15 is 0 Å². The maximum atomic E-state index is 10.3. The number of aryl methyl sites for hydroxylation is 1. The fraction of sp³-hybridized carbons (Fsp3) is 0.250. The third kappa shape index (κ3) is 3.07. The molecular formula is C12H13N3O3. The molecule has 0 fully saturated rings. The number of nitrogens with zero attached hydrogens (tertiary/aromatic N) is 2. The minimum Gasteiger partial charge on any atom is -0.481 e. The quantitative estimate of drug-likeness (QED) is 0.839. The molecular weight excluding hydrogens is 234 g/mol. The standard InChI is InChI=1S/C12H13N3O3/c1-8-2-4-9(5-3-8)11-14-12(18-15-11)13-7-6-10(16)17/h2-5H,6-7H2,1H3,(H,16,17)(H,13,14,15). The largest absolute Gasteiger partial charge is 0.481 e. The van der Waals surface area contributed by atoms with E-state index in [9.17, 15) is 4.79 Å². The van der Waals surface area contributed by atoms with Crippen LogP contribution in [0.25, 0.3) is 11.4 Å². The number of aromatic nitrogens is 2. The maximum Gasteiger partial charge on any atom is 0.321 e. The van der Waals surface area contributed by atoms with Gasteiger partial charge in [0.1, 0.15) is 0 Å². The normalized spacial score (nSPS) is 10.3. The van der Waals surface area contributed by atoms with Gasteiger partial charge in [0.15, 0.2) is 0 Å². The molecule has 94 valence electrons. The zero-order valence-electron chi connectivity index (χ0n) is 9.88. The molecule has 1 aromatic carbocycles. The molecule has 0 aliphatic carbocycles. The van der Waals surface area contributed by atoms with Gasteiger partial charge in [0.05, 0.1) is 6.42 Å². The van der Waals surface area contributed by atoms with Crippen LogP contribution in [-0.2, 0) is 4.79 Å². The van der Waals surface area contributed by atoms with Crippen LogP contribution in [0.5, 0.6) is 0 Å². The summed E-state index contributed by atoms with van der Waals surface area (Å²) in [6, 6.07) is 7.96. The molecule has 0 bridgehead atoms. The van der Waals surface area contributed by atoms with Gasteiger partial charge in [-0.3, -0.25) is 4.79 Å². The van der Waals surface area contributed by atoms with E-state index in [2.05, 4.69) is 15.5 Å². The highest BCUT2D eigenvalue weighted by Gasteiger charge is 2.08. The molecule has 0 atom stereocenters. The lowest BCUT2D eigenvalue weighted by Gasteiger charge is -1.96. The Morgan fingerprint density at radius 2 is 2.11 bits per heavy atom. The molecule has 0 radical (unpaired) electrons. The van der Waals surface area contributed by atoms with E-state index in [-0.39, 0.29) is 19.0 Å². The van der Waals surface area contributed by atoms with Crippen LogP contribution in [-0.4, -0.2) is 27.8 Å². The van der Waals surface area contributed by atoms with E-state index in [1.165, 1.54) is 0 Å². The molecule has 2 rings (SSSR count). The first kappa shape index (κ1) is 12.1. The Hall–Kier alpha value is -2.37. The van der Waals surface area contributed by atoms with Crippen molar-refractivity contribution in [3.05, 3.63) is 29.8 Å². The molecule has 1 aromatic heterocycles. The lowest BCUT2D eigenvalue weighted by Crippen LogP contribution is -2.07. The molecule has 0 saturated heterocycles. The zero-order chi connectivity index (χ0) is 13.0.